The summed E-state index contributed by atoms with van der Waals surface area (Å²) in [5.74, 6) is 1.01. The lowest BCUT2D eigenvalue weighted by atomic mass is 9.81. The molecule has 0 aromatic heterocycles. The summed E-state index contributed by atoms with van der Waals surface area (Å²) in [6, 6.07) is 29.3. The van der Waals surface area contributed by atoms with Crippen LogP contribution in [0.4, 0.5) is 0 Å². The summed E-state index contributed by atoms with van der Waals surface area (Å²) in [6.45, 7) is 18.7. The molecule has 0 saturated carbocycles. The Labute approximate surface area is 273 Å². The smallest absolute Gasteiger partial charge is 0.131 e. The summed E-state index contributed by atoms with van der Waals surface area (Å²) >= 11 is 0. The third-order valence-corrected chi connectivity index (χ3v) is 13.6. The van der Waals surface area contributed by atoms with Crippen molar-refractivity contribution >= 4 is 22.2 Å². The molecule has 0 heterocycles. The molecule has 0 saturated heterocycles. The van der Waals surface area contributed by atoms with Gasteiger partial charge in [0, 0.05) is 21.6 Å². The molecular weight excluding hydrogens is 565 g/mol. The van der Waals surface area contributed by atoms with Crippen molar-refractivity contribution < 1.29 is 4.74 Å². The number of methoxy groups -OCH3 is 1. The quantitative estimate of drug-likeness (QED) is 0.217. The summed E-state index contributed by atoms with van der Waals surface area (Å²) in [5.41, 5.74) is 16.5. The van der Waals surface area contributed by atoms with Crippen LogP contribution in [0.15, 0.2) is 90.0 Å². The summed E-state index contributed by atoms with van der Waals surface area (Å²) in [6.07, 6.45) is 10.2. The average Bonchev–Trinajstić information content (AvgIpc) is 3.51. The summed E-state index contributed by atoms with van der Waals surface area (Å²) in [7, 11) is 0.553. The van der Waals surface area contributed by atoms with Crippen molar-refractivity contribution in [3.63, 3.8) is 0 Å². The van der Waals surface area contributed by atoms with Crippen LogP contribution in [0.1, 0.15) is 99.3 Å². The zero-order valence-electron chi connectivity index (χ0n) is 29.1. The Hall–Kier alpha value is -3.49. The van der Waals surface area contributed by atoms with Gasteiger partial charge in [-0.05, 0) is 87.8 Å². The van der Waals surface area contributed by atoms with Gasteiger partial charge in [-0.2, -0.15) is 0 Å². The van der Waals surface area contributed by atoms with E-state index in [-0.39, 0.29) is 10.8 Å². The second-order valence-electron chi connectivity index (χ2n) is 15.6. The maximum absolute atomic E-state index is 6.27. The Balaban J connectivity index is 1.58. The maximum Gasteiger partial charge on any atom is 0.131 e. The minimum Gasteiger partial charge on any atom is -0.496 e. The van der Waals surface area contributed by atoms with Gasteiger partial charge in [0.15, 0.2) is 0 Å². The summed E-state index contributed by atoms with van der Waals surface area (Å²) < 4.78 is 6.27. The lowest BCUT2D eigenvalue weighted by Crippen LogP contribution is -2.19. The van der Waals surface area contributed by atoms with Crippen LogP contribution < -0.4 is 4.74 Å². The number of fused-ring (bicyclic) bond motifs is 2. The van der Waals surface area contributed by atoms with Crippen molar-refractivity contribution in [1.29, 1.82) is 0 Å². The maximum atomic E-state index is 6.27. The summed E-state index contributed by atoms with van der Waals surface area (Å²) in [4.78, 5) is 0. The van der Waals surface area contributed by atoms with E-state index in [0.717, 1.165) is 5.75 Å². The van der Waals surface area contributed by atoms with E-state index in [0.29, 0.717) is 10.5 Å². The number of hydrogen-bond acceptors (Lipinski definition) is 1. The van der Waals surface area contributed by atoms with E-state index in [2.05, 4.69) is 159 Å². The predicted molar refractivity (Wildman–Crippen MR) is 200 cm³/mol. The number of ether oxygens (including phenoxy) is 1. The molecule has 0 spiro atoms. The fourth-order valence-electron chi connectivity index (χ4n) is 7.92. The number of hydrogen-bond donors (Lipinski definition) is 0. The zero-order valence-corrected chi connectivity index (χ0v) is 29.9. The van der Waals surface area contributed by atoms with Gasteiger partial charge in [0.1, 0.15) is 5.75 Å². The molecule has 1 nitrogen and oxygen atoms in total. The van der Waals surface area contributed by atoms with Crippen molar-refractivity contribution in [3.05, 3.63) is 123 Å². The van der Waals surface area contributed by atoms with Gasteiger partial charge in [-0.25, -0.2) is 10.0 Å². The van der Waals surface area contributed by atoms with Crippen molar-refractivity contribution in [1.82, 2.24) is 0 Å². The van der Waals surface area contributed by atoms with Crippen LogP contribution in [-0.2, 0) is 10.8 Å². The lowest BCUT2D eigenvalue weighted by Gasteiger charge is -2.46. The molecule has 0 radical (unpaired) electrons. The first-order valence-electron chi connectivity index (χ1n) is 16.3. The first-order valence-corrected chi connectivity index (χ1v) is 18.8. The van der Waals surface area contributed by atoms with Crippen molar-refractivity contribution in [3.8, 4) is 28.0 Å². The minimum absolute atomic E-state index is 0.0532. The highest BCUT2D eigenvalue weighted by Crippen LogP contribution is 2.73. The predicted octanol–water partition coefficient (Wildman–Crippen LogP) is 12.3. The number of rotatable bonds is 5. The molecule has 234 valence electrons. The molecule has 0 aliphatic heterocycles. The minimum atomic E-state index is -1.28. The highest BCUT2D eigenvalue weighted by Gasteiger charge is 2.44. The van der Waals surface area contributed by atoms with E-state index in [1.165, 1.54) is 66.8 Å². The van der Waals surface area contributed by atoms with Crippen molar-refractivity contribution in [2.75, 3.05) is 19.6 Å². The topological polar surface area (TPSA) is 9.23 Å². The first-order chi connectivity index (χ1) is 21.1. The molecule has 0 amide bonds. The van der Waals surface area contributed by atoms with E-state index in [1.54, 1.807) is 0 Å². The molecule has 0 N–H and O–H groups in total. The van der Waals surface area contributed by atoms with Gasteiger partial charge in [0.05, 0.1) is 7.11 Å². The zero-order chi connectivity index (χ0) is 32.5. The molecule has 2 heteroatoms. The van der Waals surface area contributed by atoms with E-state index >= 15 is 0 Å². The van der Waals surface area contributed by atoms with Crippen LogP contribution in [0.5, 0.6) is 5.75 Å². The third-order valence-electron chi connectivity index (χ3n) is 9.94. The van der Waals surface area contributed by atoms with Gasteiger partial charge in [-0.1, -0.05) is 138 Å². The second kappa shape index (κ2) is 11.1. The molecule has 0 bridgehead atoms. The molecule has 0 fully saturated rings. The van der Waals surface area contributed by atoms with E-state index in [9.17, 15) is 0 Å². The monoisotopic (exact) mass is 614 g/mol. The first kappa shape index (κ1) is 31.5. The van der Waals surface area contributed by atoms with E-state index < -0.39 is 10.0 Å². The Morgan fingerprint density at radius 1 is 0.622 bits per heavy atom. The molecule has 4 aromatic carbocycles. The van der Waals surface area contributed by atoms with Crippen molar-refractivity contribution in [2.24, 2.45) is 0 Å². The molecule has 2 unspecified atom stereocenters. The molecule has 2 aliphatic rings. The van der Waals surface area contributed by atoms with Crippen LogP contribution in [-0.4, -0.2) is 19.6 Å². The van der Waals surface area contributed by atoms with E-state index in [1.807, 2.05) is 7.11 Å². The van der Waals surface area contributed by atoms with Gasteiger partial charge in [0.25, 0.3) is 0 Å². The van der Waals surface area contributed by atoms with Crippen LogP contribution in [0.2, 0.25) is 0 Å². The molecule has 6 rings (SSSR count). The molecular formula is C43H50OS. The lowest BCUT2D eigenvalue weighted by molar-refractivity contribution is 0.399. The Bertz CT molecular complexity index is 1830. The van der Waals surface area contributed by atoms with E-state index in [4.69, 9.17) is 4.74 Å². The fraction of sp³-hybridized carbons (Fsp3) is 0.349. The van der Waals surface area contributed by atoms with Gasteiger partial charge in [0.2, 0.25) is 0 Å². The third kappa shape index (κ3) is 5.30. The van der Waals surface area contributed by atoms with Crippen LogP contribution in [0.25, 0.3) is 34.4 Å². The van der Waals surface area contributed by atoms with Crippen LogP contribution >= 0.6 is 10.0 Å². The fourth-order valence-corrected chi connectivity index (χ4v) is 11.9. The molecule has 2 aliphatic carbocycles. The molecule has 2 atom stereocenters. The second-order valence-corrected chi connectivity index (χ2v) is 19.5. The standard InChI is InChI=1S/C43H50OS/c1-27-22-33-32(29-18-14-12-15-19-29)24-31(42(3,4)5)25-35(33)40(27)45(10,11)41-28(2)23-34-36(41)26-37(43(6,7)8)39(44-9)38(34)30-20-16-13-17-21-30/h12-26,40-41H,1-11H3. The van der Waals surface area contributed by atoms with Gasteiger partial charge >= 0.3 is 0 Å². The summed E-state index contributed by atoms with van der Waals surface area (Å²) in [5, 5.41) is 0.719. The molecule has 45 heavy (non-hydrogen) atoms. The molecule has 4 aromatic rings. The highest BCUT2D eigenvalue weighted by molar-refractivity contribution is 8.33. The van der Waals surface area contributed by atoms with Crippen LogP contribution in [0, 0.1) is 0 Å². The number of benzene rings is 4. The average molecular weight is 615 g/mol. The Morgan fingerprint density at radius 3 is 1.64 bits per heavy atom. The Kier molecular flexibility index (Phi) is 7.76. The van der Waals surface area contributed by atoms with Crippen molar-refractivity contribution in [2.45, 2.75) is 76.7 Å². The van der Waals surface area contributed by atoms with Gasteiger partial charge in [-0.15, -0.1) is 0 Å². The largest absolute Gasteiger partial charge is 0.496 e. The normalized spacial score (nSPS) is 18.3. The SMILES string of the molecule is COc1c(C(C)(C)C)cc2c(c1-c1ccccc1)C=C(C)C2S(C)(C)C1C(C)=Cc2c(-c3ccccc3)cc(C(C)(C)C)cc21. The van der Waals surface area contributed by atoms with Crippen LogP contribution in [0.3, 0.4) is 0 Å². The van der Waals surface area contributed by atoms with Gasteiger partial charge < -0.3 is 4.74 Å². The Morgan fingerprint density at radius 2 is 1.13 bits per heavy atom. The highest BCUT2D eigenvalue weighted by atomic mass is 32.3. The van der Waals surface area contributed by atoms with Gasteiger partial charge in [-0.3, -0.25) is 0 Å².